The van der Waals surface area contributed by atoms with E-state index in [0.29, 0.717) is 24.2 Å². The molecule has 0 radical (unpaired) electrons. The third-order valence-corrected chi connectivity index (χ3v) is 7.12. The van der Waals surface area contributed by atoms with Crippen LogP contribution in [0.25, 0.3) is 0 Å². The first-order valence-electron chi connectivity index (χ1n) is 11.3. The summed E-state index contributed by atoms with van der Waals surface area (Å²) in [5.74, 6) is -0.712. The zero-order chi connectivity index (χ0) is 24.8. The van der Waals surface area contributed by atoms with Crippen LogP contribution in [0.2, 0.25) is 0 Å². The fourth-order valence-electron chi connectivity index (χ4n) is 3.56. The highest BCUT2D eigenvalue weighted by molar-refractivity contribution is 7.89. The van der Waals surface area contributed by atoms with Crippen molar-refractivity contribution < 1.29 is 22.7 Å². The summed E-state index contributed by atoms with van der Waals surface area (Å²) in [6.45, 7) is 0.443. The summed E-state index contributed by atoms with van der Waals surface area (Å²) >= 11 is 0. The van der Waals surface area contributed by atoms with E-state index in [9.17, 15) is 18.0 Å². The van der Waals surface area contributed by atoms with Crippen molar-refractivity contribution in [3.8, 4) is 5.75 Å². The van der Waals surface area contributed by atoms with E-state index in [-0.39, 0.29) is 28.2 Å². The summed E-state index contributed by atoms with van der Waals surface area (Å²) in [6, 6.07) is 20.6. The molecule has 3 aromatic carbocycles. The van der Waals surface area contributed by atoms with Crippen molar-refractivity contribution in [3.63, 3.8) is 0 Å². The Morgan fingerprint density at radius 1 is 0.943 bits per heavy atom. The Bertz CT molecular complexity index is 1320. The third-order valence-electron chi connectivity index (χ3n) is 5.58. The molecule has 0 bridgehead atoms. The Morgan fingerprint density at radius 2 is 1.66 bits per heavy atom. The highest BCUT2D eigenvalue weighted by Gasteiger charge is 2.30. The molecular weight excluding hydrogens is 466 g/mol. The first-order valence-corrected chi connectivity index (χ1v) is 12.8. The number of sulfonamides is 1. The summed E-state index contributed by atoms with van der Waals surface area (Å²) < 4.78 is 33.3. The van der Waals surface area contributed by atoms with E-state index in [0.717, 1.165) is 18.4 Å². The number of carbonyl (C=O) groups excluding carboxylic acids is 2. The van der Waals surface area contributed by atoms with Crippen molar-refractivity contribution in [2.24, 2.45) is 0 Å². The average molecular weight is 494 g/mol. The molecule has 1 aliphatic rings. The van der Waals surface area contributed by atoms with Crippen molar-refractivity contribution in [1.82, 2.24) is 10.0 Å². The Kier molecular flexibility index (Phi) is 7.48. The van der Waals surface area contributed by atoms with Gasteiger partial charge in [-0.05, 0) is 55.2 Å². The minimum atomic E-state index is -3.84. The number of hydrogen-bond acceptors (Lipinski definition) is 5. The van der Waals surface area contributed by atoms with Crippen molar-refractivity contribution in [1.29, 1.82) is 0 Å². The lowest BCUT2D eigenvalue weighted by Gasteiger charge is -2.14. The van der Waals surface area contributed by atoms with E-state index in [1.54, 1.807) is 24.3 Å². The molecule has 0 aliphatic heterocycles. The zero-order valence-electron chi connectivity index (χ0n) is 19.3. The van der Waals surface area contributed by atoms with Gasteiger partial charge in [0.1, 0.15) is 10.6 Å². The largest absolute Gasteiger partial charge is 0.495 e. The number of para-hydroxylation sites is 1. The molecule has 0 spiro atoms. The highest BCUT2D eigenvalue weighted by atomic mass is 32.2. The van der Waals surface area contributed by atoms with E-state index < -0.39 is 15.9 Å². The van der Waals surface area contributed by atoms with Crippen LogP contribution in [0.4, 0.5) is 5.69 Å². The molecule has 0 atom stereocenters. The topological polar surface area (TPSA) is 114 Å². The van der Waals surface area contributed by atoms with Crippen LogP contribution in [-0.4, -0.2) is 39.9 Å². The molecule has 4 rings (SSSR count). The van der Waals surface area contributed by atoms with Crippen LogP contribution in [0.5, 0.6) is 5.75 Å². The highest BCUT2D eigenvalue weighted by Crippen LogP contribution is 2.29. The van der Waals surface area contributed by atoms with Crippen molar-refractivity contribution in [2.45, 2.75) is 30.2 Å². The first kappa shape index (κ1) is 24.4. The quantitative estimate of drug-likeness (QED) is 0.401. The fraction of sp³-hybridized carbons (Fsp3) is 0.231. The van der Waals surface area contributed by atoms with Crippen LogP contribution < -0.4 is 20.1 Å². The van der Waals surface area contributed by atoms with Gasteiger partial charge >= 0.3 is 0 Å². The molecule has 35 heavy (non-hydrogen) atoms. The van der Waals surface area contributed by atoms with Crippen LogP contribution in [0.1, 0.15) is 39.1 Å². The maximum Gasteiger partial charge on any atom is 0.255 e. The van der Waals surface area contributed by atoms with Gasteiger partial charge in [0.05, 0.1) is 18.4 Å². The Hall–Kier alpha value is -3.69. The lowest BCUT2D eigenvalue weighted by molar-refractivity contribution is 0.0955. The maximum absolute atomic E-state index is 13.0. The van der Waals surface area contributed by atoms with Gasteiger partial charge in [-0.25, -0.2) is 13.1 Å². The molecule has 9 heteroatoms. The third kappa shape index (κ3) is 6.26. The van der Waals surface area contributed by atoms with Gasteiger partial charge in [-0.1, -0.05) is 42.5 Å². The number of carbonyl (C=O) groups is 2. The van der Waals surface area contributed by atoms with Crippen LogP contribution in [-0.2, 0) is 16.4 Å². The predicted molar refractivity (Wildman–Crippen MR) is 133 cm³/mol. The number of ether oxygens (including phenoxy) is 1. The van der Waals surface area contributed by atoms with Crippen molar-refractivity contribution >= 4 is 27.5 Å². The van der Waals surface area contributed by atoms with E-state index in [2.05, 4.69) is 15.4 Å². The van der Waals surface area contributed by atoms with E-state index >= 15 is 0 Å². The number of hydrogen-bond donors (Lipinski definition) is 3. The second-order valence-electron chi connectivity index (χ2n) is 8.25. The molecule has 1 aliphatic carbocycles. The number of amides is 2. The zero-order valence-corrected chi connectivity index (χ0v) is 20.1. The Labute approximate surface area is 204 Å². The molecule has 3 aromatic rings. The van der Waals surface area contributed by atoms with Gasteiger partial charge < -0.3 is 15.4 Å². The standard InChI is InChI=1S/C26H27N3O5S/c1-34-23-14-11-19(17-24(23)35(32,33)29-20-12-13-20)25(30)28-22-10-6-5-9-21(22)26(31)27-16-15-18-7-3-2-4-8-18/h2-11,14,17,20,29H,12-13,15-16H2,1H3,(H,27,31)(H,28,30). The molecule has 8 nitrogen and oxygen atoms in total. The molecule has 0 heterocycles. The summed E-state index contributed by atoms with van der Waals surface area (Å²) in [5, 5.41) is 5.60. The monoisotopic (exact) mass is 493 g/mol. The molecule has 3 N–H and O–H groups in total. The minimum absolute atomic E-state index is 0.0885. The summed E-state index contributed by atoms with van der Waals surface area (Å²) in [4.78, 5) is 25.7. The van der Waals surface area contributed by atoms with E-state index in [1.807, 2.05) is 30.3 Å². The van der Waals surface area contributed by atoms with Crippen molar-refractivity contribution in [2.75, 3.05) is 19.0 Å². The molecule has 1 fully saturated rings. The SMILES string of the molecule is COc1ccc(C(=O)Nc2ccccc2C(=O)NCCc2ccccc2)cc1S(=O)(=O)NC1CC1. The molecule has 182 valence electrons. The van der Waals surface area contributed by atoms with Crippen LogP contribution >= 0.6 is 0 Å². The van der Waals surface area contributed by atoms with Crippen LogP contribution in [0.3, 0.4) is 0 Å². The first-order chi connectivity index (χ1) is 16.9. The van der Waals surface area contributed by atoms with Crippen LogP contribution in [0.15, 0.2) is 77.7 Å². The lowest BCUT2D eigenvalue weighted by atomic mass is 10.1. The minimum Gasteiger partial charge on any atom is -0.495 e. The van der Waals surface area contributed by atoms with Gasteiger partial charge in [-0.2, -0.15) is 0 Å². The second-order valence-corrected chi connectivity index (χ2v) is 9.93. The number of rotatable bonds is 10. The van der Waals surface area contributed by atoms with E-state index in [4.69, 9.17) is 4.74 Å². The average Bonchev–Trinajstić information content (AvgIpc) is 3.68. The van der Waals surface area contributed by atoms with Gasteiger partial charge in [0.15, 0.2) is 0 Å². The van der Waals surface area contributed by atoms with Gasteiger partial charge in [0, 0.05) is 18.2 Å². The smallest absolute Gasteiger partial charge is 0.255 e. The molecule has 0 aromatic heterocycles. The Morgan fingerprint density at radius 3 is 2.37 bits per heavy atom. The maximum atomic E-state index is 13.0. The second kappa shape index (κ2) is 10.7. The van der Waals surface area contributed by atoms with Gasteiger partial charge in [0.25, 0.3) is 11.8 Å². The van der Waals surface area contributed by atoms with E-state index in [1.165, 1.54) is 25.3 Å². The van der Waals surface area contributed by atoms with Gasteiger partial charge in [-0.3, -0.25) is 9.59 Å². The summed E-state index contributed by atoms with van der Waals surface area (Å²) in [6.07, 6.45) is 2.25. The van der Waals surface area contributed by atoms with Gasteiger partial charge in [0.2, 0.25) is 10.0 Å². The molecule has 2 amide bonds. The van der Waals surface area contributed by atoms with Crippen LogP contribution in [0, 0.1) is 0 Å². The molecule has 1 saturated carbocycles. The Balaban J connectivity index is 1.48. The molecule has 0 unspecified atom stereocenters. The fourth-order valence-corrected chi connectivity index (χ4v) is 5.06. The predicted octanol–water partition coefficient (Wildman–Crippen LogP) is 3.36. The number of benzene rings is 3. The number of anilines is 1. The number of nitrogens with one attached hydrogen (secondary N) is 3. The van der Waals surface area contributed by atoms with Crippen molar-refractivity contribution in [3.05, 3.63) is 89.5 Å². The number of methoxy groups -OCH3 is 1. The molecule has 0 saturated heterocycles. The summed E-state index contributed by atoms with van der Waals surface area (Å²) in [7, 11) is -2.47. The molecular formula is C26H27N3O5S. The lowest BCUT2D eigenvalue weighted by Crippen LogP contribution is -2.27. The normalized spacial score (nSPS) is 13.2. The summed E-state index contributed by atoms with van der Waals surface area (Å²) in [5.41, 5.74) is 1.87. The van der Waals surface area contributed by atoms with Gasteiger partial charge in [-0.15, -0.1) is 0 Å².